The van der Waals surface area contributed by atoms with Crippen molar-refractivity contribution in [1.82, 2.24) is 14.7 Å². The highest BCUT2D eigenvalue weighted by molar-refractivity contribution is 4.76. The highest BCUT2D eigenvalue weighted by Crippen LogP contribution is 2.22. The SMILES string of the molecule is CN(C)CCCC1CCN(CC(O)CN2CCOCC2)CC1. The lowest BCUT2D eigenvalue weighted by Crippen LogP contribution is -2.46. The molecule has 1 unspecified atom stereocenters. The average molecular weight is 313 g/mol. The third-order valence-electron chi connectivity index (χ3n) is 4.97. The molecule has 0 saturated carbocycles. The van der Waals surface area contributed by atoms with E-state index in [-0.39, 0.29) is 6.10 Å². The second-order valence-corrected chi connectivity index (χ2v) is 7.26. The molecular weight excluding hydrogens is 278 g/mol. The number of rotatable bonds is 8. The molecule has 2 heterocycles. The molecule has 2 aliphatic heterocycles. The number of aliphatic hydroxyl groups excluding tert-OH is 1. The van der Waals surface area contributed by atoms with Crippen LogP contribution in [0.5, 0.6) is 0 Å². The Morgan fingerprint density at radius 3 is 2.23 bits per heavy atom. The largest absolute Gasteiger partial charge is 0.390 e. The van der Waals surface area contributed by atoms with Crippen molar-refractivity contribution < 1.29 is 9.84 Å². The second kappa shape index (κ2) is 9.83. The summed E-state index contributed by atoms with van der Waals surface area (Å²) < 4.78 is 5.35. The van der Waals surface area contributed by atoms with Crippen molar-refractivity contribution in [3.63, 3.8) is 0 Å². The van der Waals surface area contributed by atoms with Gasteiger partial charge in [-0.25, -0.2) is 0 Å². The van der Waals surface area contributed by atoms with E-state index < -0.39 is 0 Å². The van der Waals surface area contributed by atoms with E-state index in [1.54, 1.807) is 0 Å². The van der Waals surface area contributed by atoms with Crippen LogP contribution in [0, 0.1) is 5.92 Å². The molecule has 2 aliphatic rings. The number of piperidine rings is 1. The Kier molecular flexibility index (Phi) is 8.11. The molecule has 2 saturated heterocycles. The van der Waals surface area contributed by atoms with Gasteiger partial charge in [0.15, 0.2) is 0 Å². The normalized spacial score (nSPS) is 24.0. The van der Waals surface area contributed by atoms with Crippen molar-refractivity contribution in [3.8, 4) is 0 Å². The molecular formula is C17H35N3O2. The fourth-order valence-electron chi connectivity index (χ4n) is 3.59. The zero-order chi connectivity index (χ0) is 15.8. The summed E-state index contributed by atoms with van der Waals surface area (Å²) in [5.74, 6) is 0.896. The van der Waals surface area contributed by atoms with Gasteiger partial charge in [0.25, 0.3) is 0 Å². The van der Waals surface area contributed by atoms with Crippen LogP contribution < -0.4 is 0 Å². The summed E-state index contributed by atoms with van der Waals surface area (Å²) in [6, 6.07) is 0. The van der Waals surface area contributed by atoms with Crippen LogP contribution in [0.4, 0.5) is 0 Å². The molecule has 2 rings (SSSR count). The van der Waals surface area contributed by atoms with Gasteiger partial charge < -0.3 is 19.6 Å². The summed E-state index contributed by atoms with van der Waals surface area (Å²) >= 11 is 0. The van der Waals surface area contributed by atoms with Gasteiger partial charge in [-0.3, -0.25) is 4.90 Å². The standard InChI is InChI=1S/C17H35N3O2/c1-18(2)7-3-4-16-5-8-19(9-6-16)14-17(21)15-20-10-12-22-13-11-20/h16-17,21H,3-15H2,1-2H3. The summed E-state index contributed by atoms with van der Waals surface area (Å²) in [6.07, 6.45) is 5.07. The summed E-state index contributed by atoms with van der Waals surface area (Å²) in [4.78, 5) is 7.05. The molecule has 0 aromatic heterocycles. The number of morpholine rings is 1. The first kappa shape index (κ1) is 18.1. The molecule has 0 bridgehead atoms. The Bertz CT molecular complexity index is 288. The van der Waals surface area contributed by atoms with E-state index in [1.807, 2.05) is 0 Å². The first-order valence-corrected chi connectivity index (χ1v) is 8.98. The fourth-order valence-corrected chi connectivity index (χ4v) is 3.59. The van der Waals surface area contributed by atoms with Gasteiger partial charge in [0.1, 0.15) is 0 Å². The molecule has 0 aliphatic carbocycles. The number of hydrogen-bond acceptors (Lipinski definition) is 5. The monoisotopic (exact) mass is 313 g/mol. The van der Waals surface area contributed by atoms with E-state index in [2.05, 4.69) is 28.8 Å². The molecule has 0 amide bonds. The first-order chi connectivity index (χ1) is 10.6. The number of aliphatic hydroxyl groups is 1. The van der Waals surface area contributed by atoms with Gasteiger partial charge in [0.2, 0.25) is 0 Å². The number of ether oxygens (including phenoxy) is 1. The zero-order valence-corrected chi connectivity index (χ0v) is 14.5. The molecule has 0 aromatic carbocycles. The lowest BCUT2D eigenvalue weighted by atomic mass is 9.92. The van der Waals surface area contributed by atoms with Crippen molar-refractivity contribution in [1.29, 1.82) is 0 Å². The molecule has 5 nitrogen and oxygen atoms in total. The summed E-state index contributed by atoms with van der Waals surface area (Å²) in [7, 11) is 4.30. The Morgan fingerprint density at radius 2 is 1.64 bits per heavy atom. The minimum Gasteiger partial charge on any atom is -0.390 e. The molecule has 22 heavy (non-hydrogen) atoms. The van der Waals surface area contributed by atoms with Gasteiger partial charge in [-0.2, -0.15) is 0 Å². The Hall–Kier alpha value is -0.200. The van der Waals surface area contributed by atoms with Gasteiger partial charge in [-0.05, 0) is 65.3 Å². The van der Waals surface area contributed by atoms with Crippen LogP contribution in [0.15, 0.2) is 0 Å². The number of likely N-dealkylation sites (tertiary alicyclic amines) is 1. The van der Waals surface area contributed by atoms with Crippen LogP contribution in [-0.4, -0.2) is 99.0 Å². The fraction of sp³-hybridized carbons (Fsp3) is 1.00. The van der Waals surface area contributed by atoms with Crippen molar-refractivity contribution in [2.45, 2.75) is 31.8 Å². The first-order valence-electron chi connectivity index (χ1n) is 8.98. The molecule has 2 fully saturated rings. The van der Waals surface area contributed by atoms with E-state index in [1.165, 1.54) is 32.2 Å². The van der Waals surface area contributed by atoms with Crippen LogP contribution in [0.25, 0.3) is 0 Å². The van der Waals surface area contributed by atoms with Gasteiger partial charge >= 0.3 is 0 Å². The van der Waals surface area contributed by atoms with Crippen molar-refractivity contribution in [2.75, 3.05) is 73.1 Å². The lowest BCUT2D eigenvalue weighted by Gasteiger charge is -2.35. The van der Waals surface area contributed by atoms with E-state index in [0.29, 0.717) is 0 Å². The molecule has 5 heteroatoms. The highest BCUT2D eigenvalue weighted by atomic mass is 16.5. The van der Waals surface area contributed by atoms with Crippen LogP contribution in [0.1, 0.15) is 25.7 Å². The van der Waals surface area contributed by atoms with Crippen LogP contribution in [-0.2, 0) is 4.74 Å². The molecule has 0 radical (unpaired) electrons. The van der Waals surface area contributed by atoms with Gasteiger partial charge in [0.05, 0.1) is 19.3 Å². The maximum atomic E-state index is 10.3. The van der Waals surface area contributed by atoms with Crippen LogP contribution >= 0.6 is 0 Å². The number of hydrogen-bond donors (Lipinski definition) is 1. The second-order valence-electron chi connectivity index (χ2n) is 7.26. The summed E-state index contributed by atoms with van der Waals surface area (Å²) in [5.41, 5.74) is 0. The summed E-state index contributed by atoms with van der Waals surface area (Å²) in [6.45, 7) is 8.71. The number of β-amino-alcohol motifs (C(OH)–C–C–N with tert-alkyl or cyclic N) is 1. The van der Waals surface area contributed by atoms with Gasteiger partial charge in [0, 0.05) is 26.2 Å². The van der Waals surface area contributed by atoms with Crippen LogP contribution in [0.3, 0.4) is 0 Å². The minimum atomic E-state index is -0.219. The Morgan fingerprint density at radius 1 is 1.05 bits per heavy atom. The van der Waals surface area contributed by atoms with E-state index >= 15 is 0 Å². The van der Waals surface area contributed by atoms with Crippen molar-refractivity contribution in [2.24, 2.45) is 5.92 Å². The van der Waals surface area contributed by atoms with Gasteiger partial charge in [-0.1, -0.05) is 0 Å². The van der Waals surface area contributed by atoms with E-state index in [9.17, 15) is 5.11 Å². The highest BCUT2D eigenvalue weighted by Gasteiger charge is 2.22. The Balaban J connectivity index is 1.56. The third kappa shape index (κ3) is 6.92. The smallest absolute Gasteiger partial charge is 0.0793 e. The quantitative estimate of drug-likeness (QED) is 0.715. The van der Waals surface area contributed by atoms with Crippen LogP contribution in [0.2, 0.25) is 0 Å². The maximum absolute atomic E-state index is 10.3. The summed E-state index contributed by atoms with van der Waals surface area (Å²) in [5, 5.41) is 10.3. The predicted octanol–water partition coefficient (Wildman–Crippen LogP) is 0.733. The minimum absolute atomic E-state index is 0.219. The topological polar surface area (TPSA) is 39.2 Å². The predicted molar refractivity (Wildman–Crippen MR) is 90.2 cm³/mol. The zero-order valence-electron chi connectivity index (χ0n) is 14.5. The molecule has 130 valence electrons. The molecule has 0 spiro atoms. The van der Waals surface area contributed by atoms with E-state index in [4.69, 9.17) is 4.74 Å². The Labute approximate surface area is 136 Å². The van der Waals surface area contributed by atoms with Crippen molar-refractivity contribution >= 4 is 0 Å². The van der Waals surface area contributed by atoms with Crippen molar-refractivity contribution in [3.05, 3.63) is 0 Å². The van der Waals surface area contributed by atoms with Gasteiger partial charge in [-0.15, -0.1) is 0 Å². The lowest BCUT2D eigenvalue weighted by molar-refractivity contribution is 0.00402. The molecule has 0 aromatic rings. The molecule has 1 atom stereocenters. The molecule has 1 N–H and O–H groups in total. The van der Waals surface area contributed by atoms with E-state index in [0.717, 1.165) is 58.4 Å². The number of nitrogens with zero attached hydrogens (tertiary/aromatic N) is 3. The average Bonchev–Trinajstić information content (AvgIpc) is 2.49. The maximum Gasteiger partial charge on any atom is 0.0793 e. The third-order valence-corrected chi connectivity index (χ3v) is 4.97.